The molecule has 1 aliphatic carbocycles. The monoisotopic (exact) mass is 236 g/mol. The van der Waals surface area contributed by atoms with Crippen molar-refractivity contribution < 1.29 is 4.79 Å². The third-order valence-corrected chi connectivity index (χ3v) is 4.03. The Bertz CT molecular complexity index is 322. The lowest BCUT2D eigenvalue weighted by Gasteiger charge is -2.34. The number of nitrogens with one attached hydrogen (secondary N) is 1. The van der Waals surface area contributed by atoms with Crippen LogP contribution in [0.25, 0.3) is 0 Å². The summed E-state index contributed by atoms with van der Waals surface area (Å²) in [7, 11) is 1.89. The van der Waals surface area contributed by atoms with Crippen molar-refractivity contribution in [1.82, 2.24) is 10.2 Å². The van der Waals surface area contributed by atoms with Crippen LogP contribution >= 0.6 is 0 Å². The average Bonchev–Trinajstić information content (AvgIpc) is 2.76. The molecule has 0 spiro atoms. The molecule has 0 aromatic rings. The average molecular weight is 236 g/mol. The van der Waals surface area contributed by atoms with Crippen LogP contribution in [0.2, 0.25) is 0 Å². The summed E-state index contributed by atoms with van der Waals surface area (Å²) in [6, 6.07) is 0.335. The standard InChI is InChI=1S/C14H24N2O/c1-14(2)9-8-12(15-3)13(17)16(10-14)11-6-4-5-7-11/h4,6,11-12,15H,5,7-10H2,1-3H3. The molecule has 0 aromatic carbocycles. The molecule has 1 N–H and O–H groups in total. The van der Waals surface area contributed by atoms with Gasteiger partial charge in [0.15, 0.2) is 0 Å². The first-order chi connectivity index (χ1) is 8.03. The molecule has 0 radical (unpaired) electrons. The van der Waals surface area contributed by atoms with Crippen LogP contribution in [-0.2, 0) is 4.79 Å². The van der Waals surface area contributed by atoms with Gasteiger partial charge in [-0.2, -0.15) is 0 Å². The summed E-state index contributed by atoms with van der Waals surface area (Å²) in [5.74, 6) is 0.287. The van der Waals surface area contributed by atoms with E-state index in [2.05, 4.69) is 36.2 Å². The van der Waals surface area contributed by atoms with Crippen molar-refractivity contribution in [2.24, 2.45) is 5.41 Å². The van der Waals surface area contributed by atoms with Gasteiger partial charge in [0, 0.05) is 6.54 Å². The van der Waals surface area contributed by atoms with E-state index in [-0.39, 0.29) is 17.4 Å². The highest BCUT2D eigenvalue weighted by Crippen LogP contribution is 2.31. The number of hydrogen-bond acceptors (Lipinski definition) is 2. The van der Waals surface area contributed by atoms with E-state index in [0.29, 0.717) is 6.04 Å². The second kappa shape index (κ2) is 4.81. The van der Waals surface area contributed by atoms with E-state index >= 15 is 0 Å². The van der Waals surface area contributed by atoms with Gasteiger partial charge in [-0.3, -0.25) is 4.79 Å². The quantitative estimate of drug-likeness (QED) is 0.743. The van der Waals surface area contributed by atoms with Gasteiger partial charge in [0.1, 0.15) is 0 Å². The number of likely N-dealkylation sites (N-methyl/N-ethyl adjacent to an activating group) is 1. The van der Waals surface area contributed by atoms with Crippen molar-refractivity contribution in [2.45, 2.75) is 51.6 Å². The number of nitrogens with zero attached hydrogens (tertiary/aromatic N) is 1. The fourth-order valence-corrected chi connectivity index (χ4v) is 2.90. The van der Waals surface area contributed by atoms with Gasteiger partial charge < -0.3 is 10.2 Å². The number of carbonyl (C=O) groups excluding carboxylic acids is 1. The zero-order valence-corrected chi connectivity index (χ0v) is 11.2. The molecule has 1 aliphatic heterocycles. The fourth-order valence-electron chi connectivity index (χ4n) is 2.90. The number of amides is 1. The van der Waals surface area contributed by atoms with E-state index in [4.69, 9.17) is 0 Å². The minimum absolute atomic E-state index is 0.00535. The van der Waals surface area contributed by atoms with E-state index in [9.17, 15) is 4.79 Å². The predicted octanol–water partition coefficient (Wildman–Crippen LogP) is 1.94. The molecule has 2 unspecified atom stereocenters. The van der Waals surface area contributed by atoms with Crippen molar-refractivity contribution in [3.8, 4) is 0 Å². The van der Waals surface area contributed by atoms with Gasteiger partial charge in [-0.1, -0.05) is 26.0 Å². The molecule has 0 aromatic heterocycles. The van der Waals surface area contributed by atoms with E-state index < -0.39 is 0 Å². The van der Waals surface area contributed by atoms with Crippen LogP contribution in [0.15, 0.2) is 12.2 Å². The molecular formula is C14H24N2O. The van der Waals surface area contributed by atoms with Crippen LogP contribution in [0.5, 0.6) is 0 Å². The SMILES string of the molecule is CNC1CCC(C)(C)CN(C2C=CCC2)C1=O. The lowest BCUT2D eigenvalue weighted by atomic mass is 9.87. The Labute approximate surface area is 104 Å². The third kappa shape index (κ3) is 2.71. The zero-order chi connectivity index (χ0) is 12.5. The normalized spacial score (nSPS) is 32.9. The lowest BCUT2D eigenvalue weighted by Crippen LogP contribution is -2.48. The number of allylic oxidation sites excluding steroid dienone is 1. The van der Waals surface area contributed by atoms with E-state index in [0.717, 1.165) is 32.2 Å². The third-order valence-electron chi connectivity index (χ3n) is 4.03. The highest BCUT2D eigenvalue weighted by atomic mass is 16.2. The Balaban J connectivity index is 2.19. The molecule has 2 aliphatic rings. The predicted molar refractivity (Wildman–Crippen MR) is 69.7 cm³/mol. The van der Waals surface area contributed by atoms with Crippen molar-refractivity contribution in [2.75, 3.05) is 13.6 Å². The number of rotatable bonds is 2. The van der Waals surface area contributed by atoms with E-state index in [1.54, 1.807) is 0 Å². The Morgan fingerprint density at radius 3 is 2.76 bits per heavy atom. The number of carbonyl (C=O) groups is 1. The molecule has 1 heterocycles. The van der Waals surface area contributed by atoms with Gasteiger partial charge >= 0.3 is 0 Å². The summed E-state index contributed by atoms with van der Waals surface area (Å²) in [5.41, 5.74) is 0.234. The second-order valence-electron chi connectivity index (χ2n) is 6.08. The van der Waals surface area contributed by atoms with Gasteiger partial charge in [0.25, 0.3) is 0 Å². The van der Waals surface area contributed by atoms with Gasteiger partial charge in [-0.15, -0.1) is 0 Å². The smallest absolute Gasteiger partial charge is 0.240 e. The largest absolute Gasteiger partial charge is 0.334 e. The van der Waals surface area contributed by atoms with Gasteiger partial charge in [0.05, 0.1) is 12.1 Å². The molecule has 2 rings (SSSR count). The summed E-state index contributed by atoms with van der Waals surface area (Å²) >= 11 is 0. The van der Waals surface area contributed by atoms with Gasteiger partial charge in [0.2, 0.25) is 5.91 Å². The number of likely N-dealkylation sites (tertiary alicyclic amines) is 1. The summed E-state index contributed by atoms with van der Waals surface area (Å²) < 4.78 is 0. The van der Waals surface area contributed by atoms with Crippen LogP contribution in [0.4, 0.5) is 0 Å². The molecule has 17 heavy (non-hydrogen) atoms. The van der Waals surface area contributed by atoms with Crippen LogP contribution < -0.4 is 5.32 Å². The number of hydrogen-bond donors (Lipinski definition) is 1. The maximum absolute atomic E-state index is 12.5. The Hall–Kier alpha value is -0.830. The van der Waals surface area contributed by atoms with Crippen LogP contribution in [0.3, 0.4) is 0 Å². The molecule has 1 amide bonds. The Kier molecular flexibility index (Phi) is 3.57. The Morgan fingerprint density at radius 1 is 1.41 bits per heavy atom. The molecule has 2 atom stereocenters. The molecule has 0 bridgehead atoms. The first-order valence-electron chi connectivity index (χ1n) is 6.68. The molecule has 3 heteroatoms. The molecule has 1 fully saturated rings. The maximum Gasteiger partial charge on any atom is 0.240 e. The lowest BCUT2D eigenvalue weighted by molar-refractivity contribution is -0.135. The maximum atomic E-state index is 12.5. The van der Waals surface area contributed by atoms with Crippen molar-refractivity contribution in [3.63, 3.8) is 0 Å². The topological polar surface area (TPSA) is 32.3 Å². The minimum atomic E-state index is 0.00535. The fraction of sp³-hybridized carbons (Fsp3) is 0.786. The summed E-state index contributed by atoms with van der Waals surface area (Å²) in [5, 5.41) is 3.17. The van der Waals surface area contributed by atoms with E-state index in [1.807, 2.05) is 7.05 Å². The highest BCUT2D eigenvalue weighted by molar-refractivity contribution is 5.82. The molecular weight excluding hydrogens is 212 g/mol. The Morgan fingerprint density at radius 2 is 2.18 bits per heavy atom. The van der Waals surface area contributed by atoms with E-state index in [1.165, 1.54) is 0 Å². The van der Waals surface area contributed by atoms with Gasteiger partial charge in [-0.05, 0) is 38.1 Å². The van der Waals surface area contributed by atoms with Crippen molar-refractivity contribution in [3.05, 3.63) is 12.2 Å². The van der Waals surface area contributed by atoms with Crippen molar-refractivity contribution in [1.29, 1.82) is 0 Å². The summed E-state index contributed by atoms with van der Waals surface area (Å²) in [6.45, 7) is 5.42. The second-order valence-corrected chi connectivity index (χ2v) is 6.08. The van der Waals surface area contributed by atoms with Crippen LogP contribution in [0.1, 0.15) is 39.5 Å². The van der Waals surface area contributed by atoms with Crippen molar-refractivity contribution >= 4 is 5.91 Å². The molecule has 0 saturated carbocycles. The summed E-state index contributed by atoms with van der Waals surface area (Å²) in [4.78, 5) is 14.6. The van der Waals surface area contributed by atoms with Gasteiger partial charge in [-0.25, -0.2) is 0 Å². The first-order valence-corrected chi connectivity index (χ1v) is 6.68. The first kappa shape index (κ1) is 12.6. The molecule has 96 valence electrons. The highest BCUT2D eigenvalue weighted by Gasteiger charge is 2.36. The van der Waals surface area contributed by atoms with Crippen LogP contribution in [-0.4, -0.2) is 36.5 Å². The zero-order valence-electron chi connectivity index (χ0n) is 11.2. The molecule has 1 saturated heterocycles. The van der Waals surface area contributed by atoms with Crippen LogP contribution in [0, 0.1) is 5.41 Å². The molecule has 3 nitrogen and oxygen atoms in total. The summed E-state index contributed by atoms with van der Waals surface area (Å²) in [6.07, 6.45) is 8.67. The minimum Gasteiger partial charge on any atom is -0.334 e.